The lowest BCUT2D eigenvalue weighted by atomic mass is 9.80. The minimum absolute atomic E-state index is 0.267. The van der Waals surface area contributed by atoms with Crippen molar-refractivity contribution >= 4 is 11.6 Å². The zero-order valence-electron chi connectivity index (χ0n) is 20.1. The maximum Gasteiger partial charge on any atom is 0.126 e. The maximum absolute atomic E-state index is 6.02. The van der Waals surface area contributed by atoms with Crippen LogP contribution in [0, 0.1) is 0 Å². The van der Waals surface area contributed by atoms with Crippen LogP contribution >= 0.6 is 0 Å². The molecule has 33 heavy (non-hydrogen) atoms. The van der Waals surface area contributed by atoms with E-state index in [-0.39, 0.29) is 6.10 Å². The van der Waals surface area contributed by atoms with Gasteiger partial charge in [0, 0.05) is 44.1 Å². The Morgan fingerprint density at radius 2 is 2.00 bits per heavy atom. The number of hydrogen-bond donors (Lipinski definition) is 3. The minimum Gasteiger partial charge on any atom is -0.384 e. The highest BCUT2D eigenvalue weighted by Crippen LogP contribution is 2.38. The third-order valence-corrected chi connectivity index (χ3v) is 6.87. The summed E-state index contributed by atoms with van der Waals surface area (Å²) < 4.78 is 11.2. The van der Waals surface area contributed by atoms with Crippen molar-refractivity contribution in [3.63, 3.8) is 0 Å². The van der Waals surface area contributed by atoms with E-state index in [1.807, 2.05) is 12.1 Å². The summed E-state index contributed by atoms with van der Waals surface area (Å²) in [5.41, 5.74) is 9.38. The molecular weight excluding hydrogens is 414 g/mol. The number of pyridine rings is 2. The molecule has 3 heterocycles. The fraction of sp³-hybridized carbons (Fsp3) is 0.615. The number of anilines is 2. The average molecular weight is 454 g/mol. The molecule has 2 aliphatic rings. The molecule has 7 heteroatoms. The van der Waals surface area contributed by atoms with Gasteiger partial charge in [0.25, 0.3) is 0 Å². The molecule has 0 amide bonds. The molecule has 1 saturated heterocycles. The minimum atomic E-state index is 0.267. The van der Waals surface area contributed by atoms with E-state index in [9.17, 15) is 0 Å². The molecule has 1 aliphatic heterocycles. The first kappa shape index (κ1) is 23.9. The molecule has 2 fully saturated rings. The highest BCUT2D eigenvalue weighted by Gasteiger charge is 2.26. The van der Waals surface area contributed by atoms with Crippen LogP contribution < -0.4 is 16.4 Å². The Hall–Kier alpha value is -2.22. The van der Waals surface area contributed by atoms with E-state index in [0.29, 0.717) is 23.8 Å². The lowest BCUT2D eigenvalue weighted by Gasteiger charge is -2.32. The van der Waals surface area contributed by atoms with Crippen LogP contribution in [-0.4, -0.2) is 55.0 Å². The van der Waals surface area contributed by atoms with Crippen molar-refractivity contribution in [2.24, 2.45) is 0 Å². The summed E-state index contributed by atoms with van der Waals surface area (Å²) in [6.45, 7) is 4.59. The van der Waals surface area contributed by atoms with Crippen molar-refractivity contribution in [2.45, 2.75) is 76.0 Å². The number of nitrogens with zero attached hydrogens (tertiary/aromatic N) is 2. The van der Waals surface area contributed by atoms with Crippen molar-refractivity contribution in [2.75, 3.05) is 37.9 Å². The fourth-order valence-electron chi connectivity index (χ4n) is 5.18. The number of rotatable bonds is 9. The van der Waals surface area contributed by atoms with Crippen molar-refractivity contribution in [1.82, 2.24) is 15.3 Å². The summed E-state index contributed by atoms with van der Waals surface area (Å²) in [4.78, 5) is 9.23. The van der Waals surface area contributed by atoms with Gasteiger partial charge < -0.3 is 25.8 Å². The van der Waals surface area contributed by atoms with Crippen LogP contribution in [-0.2, 0) is 9.47 Å². The van der Waals surface area contributed by atoms with Crippen LogP contribution in [0.1, 0.15) is 63.4 Å². The second kappa shape index (κ2) is 11.8. The number of hydrogen-bond acceptors (Lipinski definition) is 7. The van der Waals surface area contributed by atoms with Crippen molar-refractivity contribution in [1.29, 1.82) is 0 Å². The highest BCUT2D eigenvalue weighted by molar-refractivity contribution is 5.68. The standard InChI is InChI=1S/C26H39N5O2/c1-18(17-32-2)30-21-8-6-19(7-9-21)23-10-11-25(29-16-22-5-3-4-14-33-22)31-26(23)20-12-13-28-24(27)15-20/h10-13,15,18-19,21-22,30H,3-9,14,16-17H2,1-2H3,(H2,27,28)(H,29,31)/t18-,19-,21-,22-/m1/s1. The molecular formula is C26H39N5O2. The maximum atomic E-state index is 6.02. The van der Waals surface area contributed by atoms with E-state index in [1.165, 1.54) is 18.4 Å². The van der Waals surface area contributed by atoms with Gasteiger partial charge in [-0.15, -0.1) is 0 Å². The Balaban J connectivity index is 1.48. The monoisotopic (exact) mass is 453 g/mol. The van der Waals surface area contributed by atoms with Gasteiger partial charge in [-0.3, -0.25) is 0 Å². The first-order valence-corrected chi connectivity index (χ1v) is 12.5. The number of ether oxygens (including phenoxy) is 2. The molecule has 0 spiro atoms. The normalized spacial score (nSPS) is 24.4. The lowest BCUT2D eigenvalue weighted by Crippen LogP contribution is -2.40. The fourth-order valence-corrected chi connectivity index (χ4v) is 5.18. The zero-order valence-corrected chi connectivity index (χ0v) is 20.1. The second-order valence-corrected chi connectivity index (χ2v) is 9.54. The average Bonchev–Trinajstić information content (AvgIpc) is 2.84. The van der Waals surface area contributed by atoms with Gasteiger partial charge in [0.2, 0.25) is 0 Å². The van der Waals surface area contributed by atoms with Gasteiger partial charge in [0.15, 0.2) is 0 Å². The van der Waals surface area contributed by atoms with Gasteiger partial charge in [0.05, 0.1) is 18.4 Å². The van der Waals surface area contributed by atoms with Gasteiger partial charge >= 0.3 is 0 Å². The second-order valence-electron chi connectivity index (χ2n) is 9.54. The third-order valence-electron chi connectivity index (χ3n) is 6.87. The first-order valence-electron chi connectivity index (χ1n) is 12.5. The lowest BCUT2D eigenvalue weighted by molar-refractivity contribution is 0.0247. The highest BCUT2D eigenvalue weighted by atomic mass is 16.5. The Bertz CT molecular complexity index is 879. The van der Waals surface area contributed by atoms with Crippen molar-refractivity contribution < 1.29 is 9.47 Å². The van der Waals surface area contributed by atoms with E-state index >= 15 is 0 Å². The van der Waals surface area contributed by atoms with Crippen LogP contribution in [0.4, 0.5) is 11.6 Å². The third kappa shape index (κ3) is 6.65. The molecule has 2 aromatic heterocycles. The van der Waals surface area contributed by atoms with E-state index in [0.717, 1.165) is 68.9 Å². The van der Waals surface area contributed by atoms with E-state index < -0.39 is 0 Å². The topological polar surface area (TPSA) is 94.3 Å². The number of nitrogens with two attached hydrogens (primary N) is 1. The summed E-state index contributed by atoms with van der Waals surface area (Å²) >= 11 is 0. The number of nitrogen functional groups attached to an aromatic ring is 1. The van der Waals surface area contributed by atoms with Gasteiger partial charge in [-0.25, -0.2) is 9.97 Å². The molecule has 1 aliphatic carbocycles. The summed E-state index contributed by atoms with van der Waals surface area (Å²) in [5.74, 6) is 1.91. The Morgan fingerprint density at radius 3 is 2.73 bits per heavy atom. The van der Waals surface area contributed by atoms with Crippen LogP contribution in [0.25, 0.3) is 11.3 Å². The Labute approximate surface area is 197 Å². The Morgan fingerprint density at radius 1 is 1.15 bits per heavy atom. The number of nitrogens with one attached hydrogen (secondary N) is 2. The van der Waals surface area contributed by atoms with Gasteiger partial charge in [0.1, 0.15) is 11.6 Å². The summed E-state index contributed by atoms with van der Waals surface area (Å²) in [7, 11) is 1.76. The summed E-state index contributed by atoms with van der Waals surface area (Å²) in [6.07, 6.45) is 10.2. The van der Waals surface area contributed by atoms with E-state index in [1.54, 1.807) is 13.3 Å². The molecule has 180 valence electrons. The van der Waals surface area contributed by atoms with Crippen LogP contribution in [0.5, 0.6) is 0 Å². The first-order chi connectivity index (χ1) is 16.1. The number of aromatic nitrogens is 2. The quantitative estimate of drug-likeness (QED) is 0.519. The van der Waals surface area contributed by atoms with Gasteiger partial charge in [-0.05, 0) is 81.5 Å². The molecule has 4 rings (SSSR count). The van der Waals surface area contributed by atoms with Crippen molar-refractivity contribution in [3.8, 4) is 11.3 Å². The van der Waals surface area contributed by atoms with Gasteiger partial charge in [-0.2, -0.15) is 0 Å². The molecule has 0 radical (unpaired) electrons. The zero-order chi connectivity index (χ0) is 23.0. The van der Waals surface area contributed by atoms with Crippen LogP contribution in [0.2, 0.25) is 0 Å². The molecule has 0 aromatic carbocycles. The smallest absolute Gasteiger partial charge is 0.126 e. The predicted molar refractivity (Wildman–Crippen MR) is 133 cm³/mol. The molecule has 1 saturated carbocycles. The Kier molecular flexibility index (Phi) is 8.53. The molecule has 0 unspecified atom stereocenters. The predicted octanol–water partition coefficient (Wildman–Crippen LogP) is 4.36. The number of methoxy groups -OCH3 is 1. The largest absolute Gasteiger partial charge is 0.384 e. The SMILES string of the molecule is COC[C@@H](C)N[C@H]1CC[C@H](c2ccc(NC[C@H]3CCCCO3)nc2-c2ccnc(N)c2)CC1. The molecule has 7 nitrogen and oxygen atoms in total. The molecule has 4 N–H and O–H groups in total. The summed E-state index contributed by atoms with van der Waals surface area (Å²) in [5, 5.41) is 7.22. The van der Waals surface area contributed by atoms with Crippen molar-refractivity contribution in [3.05, 3.63) is 36.0 Å². The van der Waals surface area contributed by atoms with Crippen LogP contribution in [0.15, 0.2) is 30.5 Å². The van der Waals surface area contributed by atoms with Crippen LogP contribution in [0.3, 0.4) is 0 Å². The van der Waals surface area contributed by atoms with Gasteiger partial charge in [-0.1, -0.05) is 6.07 Å². The van der Waals surface area contributed by atoms with E-state index in [4.69, 9.17) is 20.2 Å². The van der Waals surface area contributed by atoms with E-state index in [2.05, 4.69) is 34.7 Å². The molecule has 0 bridgehead atoms. The molecule has 2 atom stereocenters. The summed E-state index contributed by atoms with van der Waals surface area (Å²) in [6, 6.07) is 9.25. The molecule has 2 aromatic rings.